The van der Waals surface area contributed by atoms with Crippen LogP contribution in [0.25, 0.3) is 0 Å². The van der Waals surface area contributed by atoms with Crippen LogP contribution in [-0.4, -0.2) is 21.9 Å². The number of nitrogens with one attached hydrogen (secondary N) is 2. The third kappa shape index (κ3) is 6.16. The molecule has 0 radical (unpaired) electrons. The zero-order valence-electron chi connectivity index (χ0n) is 16.8. The summed E-state index contributed by atoms with van der Waals surface area (Å²) < 4.78 is 0.765. The molecule has 1 heterocycles. The Morgan fingerprint density at radius 3 is 2.03 bits per heavy atom. The highest BCUT2D eigenvalue weighted by atomic mass is 32.2. The van der Waals surface area contributed by atoms with Crippen LogP contribution in [0.15, 0.2) is 95.3 Å². The van der Waals surface area contributed by atoms with E-state index in [0.717, 1.165) is 20.6 Å². The number of thioether (sulfide) groups is 1. The number of carbonyl (C=O) groups is 1. The van der Waals surface area contributed by atoms with Gasteiger partial charge >= 0.3 is 0 Å². The second-order valence-corrected chi connectivity index (χ2v) is 9.02. The molecule has 4 aromatic rings. The molecule has 0 atom stereocenters. The molecule has 7 heteroatoms. The molecule has 0 unspecified atom stereocenters. The SMILES string of the molecule is O=C(CSc1nnc(NCc2ccccc2)s1)NC(c1ccccc1)c1ccccc1. The lowest BCUT2D eigenvalue weighted by Gasteiger charge is -2.19. The standard InChI is InChI=1S/C24H22N4OS2/c29-21(26-22(19-12-6-2-7-13-19)20-14-8-3-9-15-20)17-30-24-28-27-23(31-24)25-16-18-10-4-1-5-11-18/h1-15,22H,16-17H2,(H,25,27)(H,26,29). The van der Waals surface area contributed by atoms with Crippen molar-refractivity contribution in [2.24, 2.45) is 0 Å². The number of nitrogens with zero attached hydrogens (tertiary/aromatic N) is 2. The van der Waals surface area contributed by atoms with Crippen molar-refractivity contribution < 1.29 is 4.79 Å². The minimum absolute atomic E-state index is 0.0447. The molecule has 1 aromatic heterocycles. The number of benzene rings is 3. The van der Waals surface area contributed by atoms with Crippen molar-refractivity contribution in [2.75, 3.05) is 11.1 Å². The molecule has 0 aliphatic rings. The third-order valence-corrected chi connectivity index (χ3v) is 6.61. The second kappa shape index (κ2) is 10.7. The first-order chi connectivity index (χ1) is 15.3. The van der Waals surface area contributed by atoms with Crippen LogP contribution in [0.5, 0.6) is 0 Å². The monoisotopic (exact) mass is 446 g/mol. The van der Waals surface area contributed by atoms with Gasteiger partial charge in [0, 0.05) is 6.54 Å². The first kappa shape index (κ1) is 21.1. The Hall–Kier alpha value is -3.16. The quantitative estimate of drug-likeness (QED) is 0.348. The summed E-state index contributed by atoms with van der Waals surface area (Å²) in [6.45, 7) is 0.691. The van der Waals surface area contributed by atoms with Gasteiger partial charge in [0.1, 0.15) is 0 Å². The molecule has 0 bridgehead atoms. The lowest BCUT2D eigenvalue weighted by atomic mass is 9.99. The van der Waals surface area contributed by atoms with Gasteiger partial charge in [0.15, 0.2) is 4.34 Å². The summed E-state index contributed by atoms with van der Waals surface area (Å²) in [4.78, 5) is 12.7. The molecular formula is C24H22N4OS2. The maximum absolute atomic E-state index is 12.7. The molecule has 0 saturated carbocycles. The fraction of sp³-hybridized carbons (Fsp3) is 0.125. The summed E-state index contributed by atoms with van der Waals surface area (Å²) >= 11 is 2.85. The van der Waals surface area contributed by atoms with Gasteiger partial charge in [-0.1, -0.05) is 114 Å². The first-order valence-electron chi connectivity index (χ1n) is 9.91. The van der Waals surface area contributed by atoms with Crippen LogP contribution >= 0.6 is 23.1 Å². The number of hydrogen-bond acceptors (Lipinski definition) is 6. The second-order valence-electron chi connectivity index (χ2n) is 6.82. The van der Waals surface area contributed by atoms with Gasteiger partial charge in [-0.3, -0.25) is 4.79 Å². The van der Waals surface area contributed by atoms with Gasteiger partial charge in [0.05, 0.1) is 11.8 Å². The Balaban J connectivity index is 1.33. The summed E-state index contributed by atoms with van der Waals surface area (Å²) in [5.74, 6) is 0.237. The fourth-order valence-corrected chi connectivity index (χ4v) is 4.65. The zero-order valence-corrected chi connectivity index (χ0v) is 18.4. The summed E-state index contributed by atoms with van der Waals surface area (Å²) in [6, 6.07) is 29.9. The van der Waals surface area contributed by atoms with Crippen LogP contribution in [0.3, 0.4) is 0 Å². The van der Waals surface area contributed by atoms with Crippen LogP contribution in [0.4, 0.5) is 5.13 Å². The van der Waals surface area contributed by atoms with E-state index in [2.05, 4.69) is 33.0 Å². The summed E-state index contributed by atoms with van der Waals surface area (Å²) in [5.41, 5.74) is 3.28. The minimum atomic E-state index is -0.187. The minimum Gasteiger partial charge on any atom is -0.356 e. The largest absolute Gasteiger partial charge is 0.356 e. The lowest BCUT2D eigenvalue weighted by molar-refractivity contribution is -0.119. The van der Waals surface area contributed by atoms with E-state index in [9.17, 15) is 4.79 Å². The van der Waals surface area contributed by atoms with Crippen molar-refractivity contribution in [3.8, 4) is 0 Å². The summed E-state index contributed by atoms with van der Waals surface area (Å²) in [5, 5.41) is 15.5. The third-order valence-electron chi connectivity index (χ3n) is 4.59. The lowest BCUT2D eigenvalue weighted by Crippen LogP contribution is -2.30. The number of rotatable bonds is 9. The van der Waals surface area contributed by atoms with E-state index in [0.29, 0.717) is 6.54 Å². The fourth-order valence-electron chi connectivity index (χ4n) is 3.09. The molecule has 31 heavy (non-hydrogen) atoms. The van der Waals surface area contributed by atoms with Crippen molar-refractivity contribution in [2.45, 2.75) is 16.9 Å². The van der Waals surface area contributed by atoms with Crippen LogP contribution in [-0.2, 0) is 11.3 Å². The van der Waals surface area contributed by atoms with Crippen molar-refractivity contribution >= 4 is 34.1 Å². The number of aromatic nitrogens is 2. The molecular weight excluding hydrogens is 424 g/mol. The smallest absolute Gasteiger partial charge is 0.231 e. The average Bonchev–Trinajstić information content (AvgIpc) is 3.30. The van der Waals surface area contributed by atoms with Gasteiger partial charge in [0.25, 0.3) is 0 Å². The maximum atomic E-state index is 12.7. The Morgan fingerprint density at radius 2 is 1.42 bits per heavy atom. The molecule has 2 N–H and O–H groups in total. The molecule has 156 valence electrons. The number of amides is 1. The molecule has 0 aliphatic heterocycles. The normalized spacial score (nSPS) is 10.7. The van der Waals surface area contributed by atoms with E-state index in [4.69, 9.17) is 0 Å². The van der Waals surface area contributed by atoms with Crippen molar-refractivity contribution in [3.63, 3.8) is 0 Å². The van der Waals surface area contributed by atoms with Crippen LogP contribution < -0.4 is 10.6 Å². The van der Waals surface area contributed by atoms with E-state index < -0.39 is 0 Å². The Kier molecular flexibility index (Phi) is 7.31. The molecule has 3 aromatic carbocycles. The van der Waals surface area contributed by atoms with E-state index in [1.165, 1.54) is 28.7 Å². The van der Waals surface area contributed by atoms with E-state index in [-0.39, 0.29) is 17.7 Å². The van der Waals surface area contributed by atoms with Gasteiger partial charge < -0.3 is 10.6 Å². The van der Waals surface area contributed by atoms with Crippen molar-refractivity contribution in [1.29, 1.82) is 0 Å². The zero-order chi connectivity index (χ0) is 21.3. The molecule has 0 spiro atoms. The van der Waals surface area contributed by atoms with Crippen LogP contribution in [0, 0.1) is 0 Å². The molecule has 5 nitrogen and oxygen atoms in total. The molecule has 0 fully saturated rings. The molecule has 1 amide bonds. The predicted molar refractivity (Wildman–Crippen MR) is 127 cm³/mol. The highest BCUT2D eigenvalue weighted by Gasteiger charge is 2.17. The summed E-state index contributed by atoms with van der Waals surface area (Å²) in [7, 11) is 0. The number of anilines is 1. The van der Waals surface area contributed by atoms with Gasteiger partial charge in [0.2, 0.25) is 11.0 Å². The van der Waals surface area contributed by atoms with E-state index >= 15 is 0 Å². The Bertz CT molecular complexity index is 1050. The molecule has 0 aliphatic carbocycles. The topological polar surface area (TPSA) is 66.9 Å². The van der Waals surface area contributed by atoms with Crippen LogP contribution in [0.1, 0.15) is 22.7 Å². The number of hydrogen-bond donors (Lipinski definition) is 2. The van der Waals surface area contributed by atoms with Gasteiger partial charge in [-0.25, -0.2) is 0 Å². The Labute approximate surface area is 189 Å². The van der Waals surface area contributed by atoms with E-state index in [1.807, 2.05) is 78.9 Å². The molecule has 0 saturated heterocycles. The van der Waals surface area contributed by atoms with Gasteiger partial charge in [-0.15, -0.1) is 10.2 Å². The maximum Gasteiger partial charge on any atom is 0.231 e. The number of carbonyl (C=O) groups excluding carboxylic acids is 1. The highest BCUT2D eigenvalue weighted by molar-refractivity contribution is 8.01. The Morgan fingerprint density at radius 1 is 0.839 bits per heavy atom. The molecule has 4 rings (SSSR count). The highest BCUT2D eigenvalue weighted by Crippen LogP contribution is 2.27. The first-order valence-corrected chi connectivity index (χ1v) is 11.7. The average molecular weight is 447 g/mol. The summed E-state index contributed by atoms with van der Waals surface area (Å²) in [6.07, 6.45) is 0. The van der Waals surface area contributed by atoms with E-state index in [1.54, 1.807) is 0 Å². The van der Waals surface area contributed by atoms with Gasteiger partial charge in [-0.2, -0.15) is 0 Å². The predicted octanol–water partition coefficient (Wildman–Crippen LogP) is 5.15. The van der Waals surface area contributed by atoms with Crippen molar-refractivity contribution in [1.82, 2.24) is 15.5 Å². The van der Waals surface area contributed by atoms with Crippen LogP contribution in [0.2, 0.25) is 0 Å². The van der Waals surface area contributed by atoms with Gasteiger partial charge in [-0.05, 0) is 16.7 Å². The van der Waals surface area contributed by atoms with Crippen molar-refractivity contribution in [3.05, 3.63) is 108 Å².